The van der Waals surface area contributed by atoms with Crippen molar-refractivity contribution in [2.75, 3.05) is 43.6 Å². The summed E-state index contributed by atoms with van der Waals surface area (Å²) in [5, 5.41) is 5.57. The lowest BCUT2D eigenvalue weighted by molar-refractivity contribution is 0.340. The third kappa shape index (κ3) is 4.07. The predicted octanol–water partition coefficient (Wildman–Crippen LogP) is 3.04. The molecule has 2 aromatic carbocycles. The van der Waals surface area contributed by atoms with E-state index in [4.69, 9.17) is 11.7 Å². The van der Waals surface area contributed by atoms with Gasteiger partial charge in [-0.25, -0.2) is 10.2 Å². The molecule has 5 rings (SSSR count). The van der Waals surface area contributed by atoms with Crippen molar-refractivity contribution in [2.45, 2.75) is 13.0 Å². The molecule has 2 aliphatic heterocycles. The van der Waals surface area contributed by atoms with Crippen LogP contribution in [-0.2, 0) is 6.54 Å². The Hall–Kier alpha value is -3.36. The summed E-state index contributed by atoms with van der Waals surface area (Å²) in [5.74, 6) is 13.2. The Morgan fingerprint density at radius 1 is 1.09 bits per heavy atom. The first-order chi connectivity index (χ1) is 15.9. The smallest absolute Gasteiger partial charge is 0.190 e. The van der Waals surface area contributed by atoms with Gasteiger partial charge in [-0.1, -0.05) is 12.1 Å². The zero-order valence-electron chi connectivity index (χ0n) is 19.1. The minimum absolute atomic E-state index is 0.256. The highest BCUT2D eigenvalue weighted by Gasteiger charge is 2.27. The highest BCUT2D eigenvalue weighted by atomic mass is 19.1. The number of nitrogens with zero attached hydrogens (tertiary/aromatic N) is 5. The van der Waals surface area contributed by atoms with Crippen molar-refractivity contribution in [3.05, 3.63) is 71.8 Å². The summed E-state index contributed by atoms with van der Waals surface area (Å²) in [4.78, 5) is 4.72. The van der Waals surface area contributed by atoms with E-state index in [1.165, 1.54) is 24.2 Å². The predicted molar refractivity (Wildman–Crippen MR) is 132 cm³/mol. The van der Waals surface area contributed by atoms with Crippen LogP contribution in [0.1, 0.15) is 17.7 Å². The molecule has 0 bridgehead atoms. The molecule has 0 saturated carbocycles. The maximum atomic E-state index is 13.4. The van der Waals surface area contributed by atoms with Gasteiger partial charge in [-0.15, -0.1) is 0 Å². The first kappa shape index (κ1) is 21.5. The molecule has 7 nitrogen and oxygen atoms in total. The van der Waals surface area contributed by atoms with Crippen LogP contribution < -0.4 is 21.6 Å². The molecule has 8 heteroatoms. The van der Waals surface area contributed by atoms with Crippen molar-refractivity contribution in [3.8, 4) is 11.1 Å². The van der Waals surface area contributed by atoms with Crippen molar-refractivity contribution in [3.63, 3.8) is 0 Å². The van der Waals surface area contributed by atoms with E-state index in [1.54, 1.807) is 17.1 Å². The Kier molecular flexibility index (Phi) is 5.55. The molecule has 4 N–H and O–H groups in total. The number of anilines is 2. The van der Waals surface area contributed by atoms with Gasteiger partial charge in [-0.3, -0.25) is 5.01 Å². The number of benzene rings is 2. The summed E-state index contributed by atoms with van der Waals surface area (Å²) in [5.41, 5.74) is 5.92. The van der Waals surface area contributed by atoms with E-state index < -0.39 is 0 Å². The van der Waals surface area contributed by atoms with Gasteiger partial charge in [-0.2, -0.15) is 5.10 Å². The maximum absolute atomic E-state index is 13.4. The summed E-state index contributed by atoms with van der Waals surface area (Å²) in [6.45, 7) is 3.86. The summed E-state index contributed by atoms with van der Waals surface area (Å²) in [6, 6.07) is 14.9. The number of hydrazine groups is 1. The highest BCUT2D eigenvalue weighted by molar-refractivity contribution is 6.09. The van der Waals surface area contributed by atoms with Crippen molar-refractivity contribution < 1.29 is 4.39 Å². The largest absolute Gasteiger partial charge is 0.371 e. The second-order valence-electron chi connectivity index (χ2n) is 9.25. The number of halogens is 1. The fourth-order valence-corrected chi connectivity index (χ4v) is 5.04. The normalized spacial score (nSPS) is 19.2. The van der Waals surface area contributed by atoms with Crippen LogP contribution >= 0.6 is 0 Å². The fourth-order valence-electron chi connectivity index (χ4n) is 5.04. The first-order valence-electron chi connectivity index (χ1n) is 11.2. The summed E-state index contributed by atoms with van der Waals surface area (Å²) in [7, 11) is 4.26. The van der Waals surface area contributed by atoms with Gasteiger partial charge < -0.3 is 20.2 Å². The highest BCUT2D eigenvalue weighted by Crippen LogP contribution is 2.34. The van der Waals surface area contributed by atoms with Crippen LogP contribution in [0.5, 0.6) is 0 Å². The molecule has 0 aliphatic carbocycles. The lowest BCUT2D eigenvalue weighted by Gasteiger charge is -2.23. The van der Waals surface area contributed by atoms with E-state index in [0.29, 0.717) is 18.3 Å². The maximum Gasteiger partial charge on any atom is 0.190 e. The number of hydrazone groups is 1. The molecular weight excluding hydrogens is 417 g/mol. The molecule has 1 aromatic heterocycles. The molecule has 172 valence electrons. The van der Waals surface area contributed by atoms with Crippen LogP contribution in [0.25, 0.3) is 11.1 Å². The molecule has 0 spiro atoms. The molecule has 3 heterocycles. The molecule has 1 saturated heterocycles. The number of nitrogens with two attached hydrogens (primary N) is 2. The molecule has 3 aromatic rings. The molecule has 1 fully saturated rings. The third-order valence-corrected chi connectivity index (χ3v) is 6.59. The van der Waals surface area contributed by atoms with E-state index >= 15 is 0 Å². The van der Waals surface area contributed by atoms with Gasteiger partial charge in [0.1, 0.15) is 5.82 Å². The topological polar surface area (TPSA) is 79.0 Å². The minimum atomic E-state index is -0.256. The van der Waals surface area contributed by atoms with Crippen molar-refractivity contribution >= 4 is 17.2 Å². The van der Waals surface area contributed by atoms with Gasteiger partial charge in [-0.05, 0) is 74.0 Å². The van der Waals surface area contributed by atoms with Crippen LogP contribution in [0.2, 0.25) is 0 Å². The number of fused-ring (bicyclic) bond motifs is 2. The molecule has 0 radical (unpaired) electrons. The molecule has 2 aliphatic rings. The molecule has 0 amide bonds. The Balaban J connectivity index is 1.49. The van der Waals surface area contributed by atoms with E-state index in [2.05, 4.69) is 51.8 Å². The van der Waals surface area contributed by atoms with Gasteiger partial charge in [0.05, 0.1) is 11.4 Å². The molecule has 1 atom stereocenters. The van der Waals surface area contributed by atoms with Gasteiger partial charge in [0.2, 0.25) is 0 Å². The summed E-state index contributed by atoms with van der Waals surface area (Å²) in [6.07, 6.45) is 3.25. The Labute approximate surface area is 193 Å². The zero-order valence-corrected chi connectivity index (χ0v) is 19.1. The average Bonchev–Trinajstić information content (AvgIpc) is 3.40. The van der Waals surface area contributed by atoms with Crippen molar-refractivity contribution in [2.24, 2.45) is 22.7 Å². The van der Waals surface area contributed by atoms with Crippen LogP contribution in [0, 0.1) is 11.7 Å². The van der Waals surface area contributed by atoms with Gasteiger partial charge in [0.25, 0.3) is 0 Å². The number of hydrogen-bond donors (Lipinski definition) is 2. The lowest BCUT2D eigenvalue weighted by atomic mass is 10.1. The first-order valence-corrected chi connectivity index (χ1v) is 11.2. The third-order valence-electron chi connectivity index (χ3n) is 6.59. The fraction of sp³-hybridized carbons (Fsp3) is 0.320. The van der Waals surface area contributed by atoms with Gasteiger partial charge >= 0.3 is 0 Å². The van der Waals surface area contributed by atoms with E-state index in [9.17, 15) is 4.39 Å². The van der Waals surface area contributed by atoms with Crippen molar-refractivity contribution in [1.29, 1.82) is 0 Å². The number of rotatable bonds is 4. The van der Waals surface area contributed by atoms with Gasteiger partial charge in [0, 0.05) is 43.6 Å². The summed E-state index contributed by atoms with van der Waals surface area (Å²) >= 11 is 0. The van der Waals surface area contributed by atoms with Crippen LogP contribution in [0.4, 0.5) is 15.8 Å². The minimum Gasteiger partial charge on any atom is -0.371 e. The second kappa shape index (κ2) is 8.53. The van der Waals surface area contributed by atoms with E-state index in [0.717, 1.165) is 47.7 Å². The Morgan fingerprint density at radius 3 is 2.61 bits per heavy atom. The van der Waals surface area contributed by atoms with Crippen LogP contribution in [0.15, 0.2) is 59.8 Å². The Bertz CT molecular complexity index is 1180. The quantitative estimate of drug-likeness (QED) is 0.475. The molecule has 33 heavy (non-hydrogen) atoms. The standard InChI is InChI=1S/C25H30FN7/c1-30(2)13-17-9-10-31(14-17)22-7-8-23-20(11-22)16-32-15-19(18-3-5-21(26)6-4-18)12-24(32)25(29-27)33(23)28/h3-8,11-12,15,17H,9-10,13-14,16,27-28H2,1-2H3/b29-25-. The number of hydrogen-bond acceptors (Lipinski definition) is 5. The lowest BCUT2D eigenvalue weighted by Crippen LogP contribution is -2.39. The monoisotopic (exact) mass is 447 g/mol. The zero-order chi connectivity index (χ0) is 23.1. The summed E-state index contributed by atoms with van der Waals surface area (Å²) < 4.78 is 15.5. The van der Waals surface area contributed by atoms with E-state index in [1.807, 2.05) is 12.3 Å². The Morgan fingerprint density at radius 2 is 1.88 bits per heavy atom. The molecular formula is C25H30FN7. The second-order valence-corrected chi connectivity index (χ2v) is 9.25. The van der Waals surface area contributed by atoms with Crippen LogP contribution in [0.3, 0.4) is 0 Å². The average molecular weight is 448 g/mol. The van der Waals surface area contributed by atoms with Crippen molar-refractivity contribution in [1.82, 2.24) is 9.47 Å². The van der Waals surface area contributed by atoms with Gasteiger partial charge in [0.15, 0.2) is 5.84 Å². The SMILES string of the molecule is CN(C)CC1CCN(c2ccc3c(c2)Cn2cc(-c4ccc(F)cc4)cc2/C(=N/N)N3N)C1. The molecule has 1 unspecified atom stereocenters. The number of aromatic nitrogens is 1. The van der Waals surface area contributed by atoms with E-state index in [-0.39, 0.29) is 5.82 Å². The van der Waals surface area contributed by atoms with Crippen LogP contribution in [-0.4, -0.2) is 49.0 Å². The number of amidine groups is 1.